The van der Waals surface area contributed by atoms with Gasteiger partial charge in [-0.3, -0.25) is 9.59 Å². The summed E-state index contributed by atoms with van der Waals surface area (Å²) in [7, 11) is 0. The standard InChI is InChI=1S/C23H28O5/c1-16(14-23(3,4)26)28-17(2)21(24)15-27-20-12-10-19(11-13-20)22(25)18-8-6-5-7-9-18/h5-13,16-17,26H,14-15H2,1-4H3. The van der Waals surface area contributed by atoms with Crippen molar-refractivity contribution in [2.45, 2.75) is 51.9 Å². The Hall–Kier alpha value is -2.50. The zero-order chi connectivity index (χ0) is 20.7. The molecule has 2 aromatic carbocycles. The highest BCUT2D eigenvalue weighted by Gasteiger charge is 2.22. The van der Waals surface area contributed by atoms with E-state index in [1.807, 2.05) is 25.1 Å². The van der Waals surface area contributed by atoms with Crippen molar-refractivity contribution >= 4 is 11.6 Å². The second kappa shape index (κ2) is 9.62. The average molecular weight is 384 g/mol. The van der Waals surface area contributed by atoms with E-state index in [0.717, 1.165) is 0 Å². The number of ketones is 2. The summed E-state index contributed by atoms with van der Waals surface area (Å²) in [5, 5.41) is 9.81. The molecule has 2 rings (SSSR count). The summed E-state index contributed by atoms with van der Waals surface area (Å²) < 4.78 is 11.2. The van der Waals surface area contributed by atoms with Crippen LogP contribution in [0.5, 0.6) is 5.75 Å². The molecule has 0 aliphatic rings. The van der Waals surface area contributed by atoms with Crippen LogP contribution in [0.2, 0.25) is 0 Å². The fourth-order valence-corrected chi connectivity index (χ4v) is 2.91. The normalized spacial score (nSPS) is 13.6. The van der Waals surface area contributed by atoms with Crippen LogP contribution in [0.25, 0.3) is 0 Å². The first-order chi connectivity index (χ1) is 13.2. The molecule has 0 radical (unpaired) electrons. The molecule has 0 saturated carbocycles. The van der Waals surface area contributed by atoms with Gasteiger partial charge < -0.3 is 14.6 Å². The Morgan fingerprint density at radius 3 is 2.11 bits per heavy atom. The maximum atomic E-state index is 12.4. The Morgan fingerprint density at radius 1 is 0.964 bits per heavy atom. The zero-order valence-corrected chi connectivity index (χ0v) is 16.8. The van der Waals surface area contributed by atoms with E-state index in [1.54, 1.807) is 57.2 Å². The second-order valence-electron chi connectivity index (χ2n) is 7.58. The topological polar surface area (TPSA) is 72.8 Å². The van der Waals surface area contributed by atoms with E-state index in [4.69, 9.17) is 9.47 Å². The van der Waals surface area contributed by atoms with Crippen LogP contribution in [0.3, 0.4) is 0 Å². The van der Waals surface area contributed by atoms with Crippen molar-refractivity contribution in [3.63, 3.8) is 0 Å². The number of hydrogen-bond acceptors (Lipinski definition) is 5. The van der Waals surface area contributed by atoms with Crippen LogP contribution in [0.15, 0.2) is 54.6 Å². The Morgan fingerprint density at radius 2 is 1.54 bits per heavy atom. The van der Waals surface area contributed by atoms with Crippen LogP contribution in [-0.2, 0) is 9.53 Å². The lowest BCUT2D eigenvalue weighted by Crippen LogP contribution is -2.33. The fourth-order valence-electron chi connectivity index (χ4n) is 2.91. The lowest BCUT2D eigenvalue weighted by atomic mass is 10.0. The van der Waals surface area contributed by atoms with Gasteiger partial charge in [-0.2, -0.15) is 0 Å². The summed E-state index contributed by atoms with van der Waals surface area (Å²) in [6, 6.07) is 15.8. The summed E-state index contributed by atoms with van der Waals surface area (Å²) in [4.78, 5) is 24.6. The van der Waals surface area contributed by atoms with Crippen LogP contribution in [0.4, 0.5) is 0 Å². The number of carbonyl (C=O) groups excluding carboxylic acids is 2. The molecule has 2 aromatic rings. The third kappa shape index (κ3) is 6.91. The van der Waals surface area contributed by atoms with Crippen molar-refractivity contribution in [1.29, 1.82) is 0 Å². The molecular weight excluding hydrogens is 356 g/mol. The van der Waals surface area contributed by atoms with Crippen molar-refractivity contribution in [3.05, 3.63) is 65.7 Å². The third-order valence-corrected chi connectivity index (χ3v) is 4.21. The lowest BCUT2D eigenvalue weighted by Gasteiger charge is -2.24. The maximum Gasteiger partial charge on any atom is 0.198 e. The van der Waals surface area contributed by atoms with Gasteiger partial charge >= 0.3 is 0 Å². The van der Waals surface area contributed by atoms with Gasteiger partial charge in [0, 0.05) is 17.5 Å². The van der Waals surface area contributed by atoms with Gasteiger partial charge in [-0.25, -0.2) is 0 Å². The molecule has 0 spiro atoms. The van der Waals surface area contributed by atoms with Crippen molar-refractivity contribution < 1.29 is 24.2 Å². The molecule has 5 nitrogen and oxygen atoms in total. The highest BCUT2D eigenvalue weighted by atomic mass is 16.5. The zero-order valence-electron chi connectivity index (χ0n) is 16.8. The second-order valence-corrected chi connectivity index (χ2v) is 7.58. The van der Waals surface area contributed by atoms with Gasteiger partial charge in [-0.05, 0) is 52.0 Å². The Bertz CT molecular complexity index is 775. The summed E-state index contributed by atoms with van der Waals surface area (Å²) in [6.07, 6.45) is -0.443. The van der Waals surface area contributed by atoms with Gasteiger partial charge in [-0.1, -0.05) is 30.3 Å². The van der Waals surface area contributed by atoms with E-state index in [1.165, 1.54) is 0 Å². The number of ether oxygens (including phenoxy) is 2. The molecule has 0 aliphatic heterocycles. The van der Waals surface area contributed by atoms with Gasteiger partial charge in [0.25, 0.3) is 0 Å². The van der Waals surface area contributed by atoms with Crippen molar-refractivity contribution in [1.82, 2.24) is 0 Å². The molecule has 0 aliphatic carbocycles. The van der Waals surface area contributed by atoms with Crippen LogP contribution in [-0.4, -0.2) is 41.1 Å². The number of rotatable bonds is 10. The predicted molar refractivity (Wildman–Crippen MR) is 108 cm³/mol. The van der Waals surface area contributed by atoms with Crippen LogP contribution >= 0.6 is 0 Å². The molecule has 28 heavy (non-hydrogen) atoms. The molecule has 0 fully saturated rings. The van der Waals surface area contributed by atoms with Gasteiger partial charge in [0.1, 0.15) is 18.5 Å². The number of carbonyl (C=O) groups is 2. The summed E-state index contributed by atoms with van der Waals surface area (Å²) in [6.45, 7) is 6.78. The average Bonchev–Trinajstić information content (AvgIpc) is 2.65. The molecular formula is C23H28O5. The van der Waals surface area contributed by atoms with Crippen LogP contribution < -0.4 is 4.74 Å². The first-order valence-corrected chi connectivity index (χ1v) is 9.39. The quantitative estimate of drug-likeness (QED) is 0.631. The molecule has 150 valence electrons. The predicted octanol–water partition coefficient (Wildman–Crippen LogP) is 3.82. The maximum absolute atomic E-state index is 12.4. The first kappa shape index (κ1) is 21.8. The van der Waals surface area contributed by atoms with Crippen molar-refractivity contribution in [2.75, 3.05) is 6.61 Å². The molecule has 0 saturated heterocycles. The number of benzene rings is 2. The van der Waals surface area contributed by atoms with Gasteiger partial charge in [0.05, 0.1) is 11.7 Å². The van der Waals surface area contributed by atoms with Crippen LogP contribution in [0, 0.1) is 0 Å². The van der Waals surface area contributed by atoms with E-state index < -0.39 is 11.7 Å². The minimum atomic E-state index is -0.850. The Balaban J connectivity index is 1.85. The monoisotopic (exact) mass is 384 g/mol. The van der Waals surface area contributed by atoms with E-state index in [2.05, 4.69) is 0 Å². The fraction of sp³-hybridized carbons (Fsp3) is 0.391. The van der Waals surface area contributed by atoms with Gasteiger partial charge in [0.15, 0.2) is 11.6 Å². The molecule has 0 amide bonds. The van der Waals surface area contributed by atoms with E-state index in [9.17, 15) is 14.7 Å². The van der Waals surface area contributed by atoms with Crippen molar-refractivity contribution in [3.8, 4) is 5.75 Å². The number of aliphatic hydroxyl groups is 1. The highest BCUT2D eigenvalue weighted by Crippen LogP contribution is 2.17. The Labute approximate surface area is 166 Å². The minimum Gasteiger partial charge on any atom is -0.486 e. The van der Waals surface area contributed by atoms with Gasteiger partial charge in [0.2, 0.25) is 0 Å². The molecule has 2 unspecified atom stereocenters. The third-order valence-electron chi connectivity index (χ3n) is 4.21. The SMILES string of the molecule is CC(CC(C)(C)O)OC(C)C(=O)COc1ccc(C(=O)c2ccccc2)cc1. The van der Waals surface area contributed by atoms with Gasteiger partial charge in [-0.15, -0.1) is 0 Å². The molecule has 0 aromatic heterocycles. The Kier molecular flexibility index (Phi) is 7.49. The first-order valence-electron chi connectivity index (χ1n) is 9.39. The highest BCUT2D eigenvalue weighted by molar-refractivity contribution is 6.08. The minimum absolute atomic E-state index is 0.0638. The summed E-state index contributed by atoms with van der Waals surface area (Å²) >= 11 is 0. The smallest absolute Gasteiger partial charge is 0.198 e. The molecule has 0 heterocycles. The number of Topliss-reactive ketones (excluding diaryl/α,β-unsaturated/α-hetero) is 1. The van der Waals surface area contributed by atoms with E-state index in [-0.39, 0.29) is 24.3 Å². The van der Waals surface area contributed by atoms with Crippen molar-refractivity contribution in [2.24, 2.45) is 0 Å². The molecule has 2 atom stereocenters. The molecule has 1 N–H and O–H groups in total. The summed E-state index contributed by atoms with van der Waals surface area (Å²) in [5.41, 5.74) is 0.331. The lowest BCUT2D eigenvalue weighted by molar-refractivity contribution is -0.136. The number of hydrogen-bond donors (Lipinski definition) is 1. The van der Waals surface area contributed by atoms with Crippen LogP contribution in [0.1, 0.15) is 50.0 Å². The van der Waals surface area contributed by atoms with E-state index >= 15 is 0 Å². The molecule has 0 bridgehead atoms. The molecule has 5 heteroatoms. The largest absolute Gasteiger partial charge is 0.486 e. The summed E-state index contributed by atoms with van der Waals surface area (Å²) in [5.74, 6) is 0.257. The van der Waals surface area contributed by atoms with E-state index in [0.29, 0.717) is 23.3 Å².